The molecule has 2 aromatic carbocycles. The molecule has 3 nitrogen and oxygen atoms in total. The van der Waals surface area contributed by atoms with E-state index >= 15 is 0 Å². The molecule has 10 heteroatoms. The average Bonchev–Trinajstić information content (AvgIpc) is 3.34. The van der Waals surface area contributed by atoms with Crippen LogP contribution in [0.2, 0.25) is 0 Å². The lowest BCUT2D eigenvalue weighted by molar-refractivity contribution is -0.160. The minimum Gasteiger partial charge on any atom is -0.465 e. The van der Waals surface area contributed by atoms with E-state index in [1.165, 1.54) is 18.2 Å². The molecule has 3 rings (SSSR count). The zero-order chi connectivity index (χ0) is 33.6. The minimum atomic E-state index is -4.58. The van der Waals surface area contributed by atoms with E-state index in [1.807, 2.05) is 41.5 Å². The number of carbonyl (C=O) groups is 1. The molecule has 1 heterocycles. The van der Waals surface area contributed by atoms with Crippen LogP contribution in [0, 0.1) is 17.3 Å². The SMILES string of the molecule is CCCCCc1ccc(-c2cc3ccc(SCC(COC(=O)C(C=C(C)C)C(C)(C)C)CC(F)(F)F)cc3o2)c(C(F)(F)F)c1. The van der Waals surface area contributed by atoms with Gasteiger partial charge in [-0.15, -0.1) is 11.8 Å². The predicted octanol–water partition coefficient (Wildman–Crippen LogP) is 11.7. The summed E-state index contributed by atoms with van der Waals surface area (Å²) in [6.45, 7) is 10.9. The summed E-state index contributed by atoms with van der Waals surface area (Å²) in [4.78, 5) is 13.4. The van der Waals surface area contributed by atoms with E-state index in [1.54, 1.807) is 30.3 Å². The number of halogens is 6. The van der Waals surface area contributed by atoms with E-state index in [0.717, 1.165) is 36.6 Å². The van der Waals surface area contributed by atoms with Gasteiger partial charge in [0.1, 0.15) is 11.3 Å². The molecule has 0 amide bonds. The molecule has 1 aromatic heterocycles. The Hall–Kier alpha value is -2.88. The van der Waals surface area contributed by atoms with Crippen LogP contribution in [0.3, 0.4) is 0 Å². The molecule has 3 aromatic rings. The molecule has 0 aliphatic heterocycles. The molecule has 248 valence electrons. The van der Waals surface area contributed by atoms with Crippen molar-refractivity contribution >= 4 is 28.7 Å². The largest absolute Gasteiger partial charge is 0.465 e. The van der Waals surface area contributed by atoms with Gasteiger partial charge < -0.3 is 9.15 Å². The number of hydrogen-bond donors (Lipinski definition) is 0. The second kappa shape index (κ2) is 15.1. The topological polar surface area (TPSA) is 39.4 Å². The van der Waals surface area contributed by atoms with Gasteiger partial charge in [0.15, 0.2) is 0 Å². The maximum atomic E-state index is 14.0. The molecular weight excluding hydrogens is 614 g/mol. The zero-order valence-electron chi connectivity index (χ0n) is 26.6. The normalized spacial score (nSPS) is 14.0. The molecule has 0 fully saturated rings. The minimum absolute atomic E-state index is 0.00636. The van der Waals surface area contributed by atoms with Gasteiger partial charge in [0.2, 0.25) is 0 Å². The van der Waals surface area contributed by atoms with Crippen LogP contribution in [-0.2, 0) is 22.1 Å². The summed E-state index contributed by atoms with van der Waals surface area (Å²) < 4.78 is 93.6. The smallest absolute Gasteiger partial charge is 0.417 e. The Morgan fingerprint density at radius 2 is 1.69 bits per heavy atom. The van der Waals surface area contributed by atoms with Crippen LogP contribution in [0.4, 0.5) is 26.3 Å². The first kappa shape index (κ1) is 36.6. The van der Waals surface area contributed by atoms with Crippen molar-refractivity contribution in [3.05, 3.63) is 65.2 Å². The molecular formula is C35H42F6O3S. The average molecular weight is 657 g/mol. The van der Waals surface area contributed by atoms with Crippen LogP contribution in [0.5, 0.6) is 0 Å². The highest BCUT2D eigenvalue weighted by atomic mass is 32.2. The number of thioether (sulfide) groups is 1. The van der Waals surface area contributed by atoms with Crippen molar-refractivity contribution in [3.8, 4) is 11.3 Å². The molecule has 45 heavy (non-hydrogen) atoms. The summed E-state index contributed by atoms with van der Waals surface area (Å²) in [5.41, 5.74) is 0.522. The van der Waals surface area contributed by atoms with Crippen LogP contribution < -0.4 is 0 Å². The van der Waals surface area contributed by atoms with Gasteiger partial charge in [0.05, 0.1) is 24.5 Å². The first-order valence-electron chi connectivity index (χ1n) is 15.1. The summed E-state index contributed by atoms with van der Waals surface area (Å²) in [5, 5.41) is 0.572. The fourth-order valence-electron chi connectivity index (χ4n) is 5.01. The van der Waals surface area contributed by atoms with Crippen molar-refractivity contribution in [2.24, 2.45) is 17.3 Å². The van der Waals surface area contributed by atoms with Crippen molar-refractivity contribution in [2.75, 3.05) is 12.4 Å². The molecule has 0 saturated carbocycles. The van der Waals surface area contributed by atoms with Crippen molar-refractivity contribution in [1.29, 1.82) is 0 Å². The highest BCUT2D eigenvalue weighted by molar-refractivity contribution is 7.99. The number of benzene rings is 2. The van der Waals surface area contributed by atoms with Crippen molar-refractivity contribution in [3.63, 3.8) is 0 Å². The summed E-state index contributed by atoms with van der Waals surface area (Å²) in [5.74, 6) is -2.11. The van der Waals surface area contributed by atoms with Crippen molar-refractivity contribution in [2.45, 2.75) is 90.9 Å². The molecule has 0 aliphatic rings. The standard InChI is InChI=1S/C35H42F6O3S/c1-7-8-9-10-23-11-14-27(28(16-23)35(39,40)41)31-17-25-12-13-26(18-30(25)44-31)45-21-24(19-34(36,37)38)20-43-32(42)29(15-22(2)3)33(4,5)6/h11-18,24,29H,7-10,19-21H2,1-6H3. The first-order valence-corrected chi connectivity index (χ1v) is 16.1. The van der Waals surface area contributed by atoms with Crippen LogP contribution >= 0.6 is 11.8 Å². The van der Waals surface area contributed by atoms with E-state index in [2.05, 4.69) is 0 Å². The van der Waals surface area contributed by atoms with Crippen LogP contribution in [0.15, 0.2) is 63.4 Å². The summed E-state index contributed by atoms with van der Waals surface area (Å²) in [7, 11) is 0. The molecule has 0 N–H and O–H groups in total. The van der Waals surface area contributed by atoms with E-state index in [0.29, 0.717) is 27.8 Å². The number of aryl methyl sites for hydroxylation is 1. The van der Waals surface area contributed by atoms with Gasteiger partial charge in [-0.3, -0.25) is 4.79 Å². The maximum absolute atomic E-state index is 14.0. The molecule has 2 unspecified atom stereocenters. The van der Waals surface area contributed by atoms with Gasteiger partial charge in [-0.05, 0) is 68.0 Å². The van der Waals surface area contributed by atoms with Crippen molar-refractivity contribution in [1.82, 2.24) is 0 Å². The monoisotopic (exact) mass is 656 g/mol. The van der Waals surface area contributed by atoms with Gasteiger partial charge in [-0.1, -0.05) is 64.3 Å². The number of rotatable bonds is 13. The lowest BCUT2D eigenvalue weighted by Crippen LogP contribution is -2.31. The quantitative estimate of drug-likeness (QED) is 0.0603. The van der Waals surface area contributed by atoms with Gasteiger partial charge in [0, 0.05) is 27.5 Å². The Bertz CT molecular complexity index is 1460. The second-order valence-corrected chi connectivity index (χ2v) is 14.0. The third-order valence-electron chi connectivity index (χ3n) is 7.37. The summed E-state index contributed by atoms with van der Waals surface area (Å²) in [6, 6.07) is 10.8. The molecule has 2 atom stereocenters. The van der Waals surface area contributed by atoms with Crippen LogP contribution in [-0.4, -0.2) is 24.5 Å². The first-order chi connectivity index (χ1) is 20.9. The van der Waals surface area contributed by atoms with E-state index in [-0.39, 0.29) is 17.1 Å². The predicted molar refractivity (Wildman–Crippen MR) is 168 cm³/mol. The number of allylic oxidation sites excluding steroid dienone is 1. The molecule has 0 bridgehead atoms. The Morgan fingerprint density at radius 1 is 0.978 bits per heavy atom. The molecule has 0 saturated heterocycles. The number of alkyl halides is 6. The third kappa shape index (κ3) is 11.2. The van der Waals surface area contributed by atoms with Crippen molar-refractivity contribution < 1.29 is 40.3 Å². The molecule has 0 radical (unpaired) electrons. The van der Waals surface area contributed by atoms with E-state index in [4.69, 9.17) is 9.15 Å². The fourth-order valence-corrected chi connectivity index (χ4v) is 6.01. The number of furan rings is 1. The highest BCUT2D eigenvalue weighted by Gasteiger charge is 2.36. The second-order valence-electron chi connectivity index (χ2n) is 12.9. The van der Waals surface area contributed by atoms with Crippen LogP contribution in [0.1, 0.15) is 78.4 Å². The highest BCUT2D eigenvalue weighted by Crippen LogP contribution is 2.40. The van der Waals surface area contributed by atoms with Crippen LogP contribution in [0.25, 0.3) is 22.3 Å². The number of esters is 1. The van der Waals surface area contributed by atoms with Gasteiger partial charge in [0.25, 0.3) is 0 Å². The Balaban J connectivity index is 1.79. The number of unbranched alkanes of at least 4 members (excludes halogenated alkanes) is 2. The summed E-state index contributed by atoms with van der Waals surface area (Å²) in [6.07, 6.45) is -5.14. The lowest BCUT2D eigenvalue weighted by atomic mass is 9.80. The number of carbonyl (C=O) groups excluding carboxylic acids is 1. The zero-order valence-corrected chi connectivity index (χ0v) is 27.4. The van der Waals surface area contributed by atoms with E-state index in [9.17, 15) is 31.1 Å². The number of ether oxygens (including phenoxy) is 1. The number of fused-ring (bicyclic) bond motifs is 1. The van der Waals surface area contributed by atoms with Gasteiger partial charge in [-0.25, -0.2) is 0 Å². The Kier molecular flexibility index (Phi) is 12.3. The lowest BCUT2D eigenvalue weighted by Gasteiger charge is -2.28. The summed E-state index contributed by atoms with van der Waals surface area (Å²) >= 11 is 1.14. The fraction of sp³-hybridized carbons (Fsp3) is 0.514. The third-order valence-corrected chi connectivity index (χ3v) is 8.59. The maximum Gasteiger partial charge on any atom is 0.417 e. The Labute approximate surface area is 265 Å². The van der Waals surface area contributed by atoms with E-state index < -0.39 is 54.2 Å². The van der Waals surface area contributed by atoms with Gasteiger partial charge in [-0.2, -0.15) is 26.3 Å². The number of hydrogen-bond acceptors (Lipinski definition) is 4. The molecule has 0 spiro atoms. The van der Waals surface area contributed by atoms with Gasteiger partial charge >= 0.3 is 18.3 Å². The Morgan fingerprint density at radius 3 is 2.29 bits per heavy atom. The molecule has 0 aliphatic carbocycles.